The summed E-state index contributed by atoms with van der Waals surface area (Å²) in [6, 6.07) is 12.7. The number of likely N-dealkylation sites (tertiary alicyclic amines) is 1. The standard InChI is InChI=1S/C18H21N3O/c22-18(17-12-16(19-20-17)14-8-9-14)21-10-4-7-15(21)11-13-5-2-1-3-6-13/h1-3,5-6,12,14-15H,4,7-11H2,(H,19,20)/t15-/m1/s1. The molecule has 2 aromatic rings. The molecule has 1 saturated heterocycles. The Labute approximate surface area is 130 Å². The average Bonchev–Trinajstić information content (AvgIpc) is 3.10. The zero-order chi connectivity index (χ0) is 14.9. The van der Waals surface area contributed by atoms with Crippen molar-refractivity contribution in [1.82, 2.24) is 15.1 Å². The lowest BCUT2D eigenvalue weighted by molar-refractivity contribution is 0.0730. The monoisotopic (exact) mass is 295 g/mol. The summed E-state index contributed by atoms with van der Waals surface area (Å²) in [6.07, 6.45) is 5.54. The van der Waals surface area contributed by atoms with E-state index in [0.717, 1.165) is 31.5 Å². The Hall–Kier alpha value is -2.10. The van der Waals surface area contributed by atoms with E-state index in [1.807, 2.05) is 17.0 Å². The van der Waals surface area contributed by atoms with Crippen molar-refractivity contribution < 1.29 is 4.79 Å². The predicted octanol–water partition coefficient (Wildman–Crippen LogP) is 3.13. The van der Waals surface area contributed by atoms with Crippen molar-refractivity contribution in [1.29, 1.82) is 0 Å². The first-order valence-electron chi connectivity index (χ1n) is 8.21. The summed E-state index contributed by atoms with van der Waals surface area (Å²) in [5, 5.41) is 7.29. The summed E-state index contributed by atoms with van der Waals surface area (Å²) in [7, 11) is 0. The second-order valence-corrected chi connectivity index (χ2v) is 6.47. The Balaban J connectivity index is 1.48. The highest BCUT2D eigenvalue weighted by molar-refractivity contribution is 5.92. The molecule has 0 radical (unpaired) electrons. The highest BCUT2D eigenvalue weighted by atomic mass is 16.2. The number of amides is 1. The quantitative estimate of drug-likeness (QED) is 0.942. The molecule has 22 heavy (non-hydrogen) atoms. The Morgan fingerprint density at radius 3 is 2.82 bits per heavy atom. The van der Waals surface area contributed by atoms with Gasteiger partial charge in [0.25, 0.3) is 5.91 Å². The Morgan fingerprint density at radius 1 is 1.23 bits per heavy atom. The lowest BCUT2D eigenvalue weighted by atomic mass is 10.0. The van der Waals surface area contributed by atoms with Gasteiger partial charge in [-0.2, -0.15) is 5.10 Å². The second kappa shape index (κ2) is 5.59. The van der Waals surface area contributed by atoms with Crippen LogP contribution in [0.4, 0.5) is 0 Å². The molecule has 4 heteroatoms. The number of nitrogens with zero attached hydrogens (tertiary/aromatic N) is 2. The van der Waals surface area contributed by atoms with E-state index in [-0.39, 0.29) is 5.91 Å². The minimum atomic E-state index is 0.0848. The predicted molar refractivity (Wildman–Crippen MR) is 84.8 cm³/mol. The zero-order valence-corrected chi connectivity index (χ0v) is 12.7. The summed E-state index contributed by atoms with van der Waals surface area (Å²) in [5.41, 5.74) is 3.01. The molecule has 1 amide bonds. The van der Waals surface area contributed by atoms with E-state index in [2.05, 4.69) is 34.5 Å². The number of rotatable bonds is 4. The van der Waals surface area contributed by atoms with Crippen LogP contribution < -0.4 is 0 Å². The van der Waals surface area contributed by atoms with E-state index in [0.29, 0.717) is 17.7 Å². The van der Waals surface area contributed by atoms with Crippen LogP contribution in [0.3, 0.4) is 0 Å². The molecule has 0 unspecified atom stereocenters. The molecule has 1 aliphatic carbocycles. The minimum Gasteiger partial charge on any atom is -0.334 e. The summed E-state index contributed by atoms with van der Waals surface area (Å²) in [4.78, 5) is 14.8. The van der Waals surface area contributed by atoms with Crippen LogP contribution >= 0.6 is 0 Å². The molecule has 4 nitrogen and oxygen atoms in total. The summed E-state index contributed by atoms with van der Waals surface area (Å²) >= 11 is 0. The lowest BCUT2D eigenvalue weighted by Crippen LogP contribution is -2.37. The smallest absolute Gasteiger partial charge is 0.274 e. The van der Waals surface area contributed by atoms with Gasteiger partial charge in [0, 0.05) is 24.2 Å². The van der Waals surface area contributed by atoms with Crippen LogP contribution in [-0.4, -0.2) is 33.6 Å². The normalized spacial score (nSPS) is 21.3. The number of carbonyl (C=O) groups excluding carboxylic acids is 1. The molecule has 1 aromatic heterocycles. The molecule has 1 saturated carbocycles. The van der Waals surface area contributed by atoms with Crippen molar-refractivity contribution in [2.24, 2.45) is 0 Å². The van der Waals surface area contributed by atoms with Crippen LogP contribution in [0.2, 0.25) is 0 Å². The number of carbonyl (C=O) groups is 1. The molecule has 1 aliphatic heterocycles. The van der Waals surface area contributed by atoms with Crippen molar-refractivity contribution in [2.45, 2.75) is 44.1 Å². The topological polar surface area (TPSA) is 49.0 Å². The first-order valence-corrected chi connectivity index (χ1v) is 8.21. The summed E-state index contributed by atoms with van der Waals surface area (Å²) in [5.74, 6) is 0.689. The van der Waals surface area contributed by atoms with Gasteiger partial charge in [0.2, 0.25) is 0 Å². The third-order valence-corrected chi connectivity index (χ3v) is 4.79. The molecule has 2 heterocycles. The number of aromatic nitrogens is 2. The molecule has 2 fully saturated rings. The molecular weight excluding hydrogens is 274 g/mol. The van der Waals surface area contributed by atoms with Gasteiger partial charge in [-0.15, -0.1) is 0 Å². The maximum absolute atomic E-state index is 12.7. The van der Waals surface area contributed by atoms with Gasteiger partial charge in [-0.05, 0) is 43.7 Å². The largest absolute Gasteiger partial charge is 0.334 e. The molecular formula is C18H21N3O. The van der Waals surface area contributed by atoms with E-state index < -0.39 is 0 Å². The Morgan fingerprint density at radius 2 is 2.05 bits per heavy atom. The number of benzene rings is 1. The van der Waals surface area contributed by atoms with Gasteiger partial charge in [0.15, 0.2) is 0 Å². The van der Waals surface area contributed by atoms with Crippen LogP contribution in [0.25, 0.3) is 0 Å². The van der Waals surface area contributed by atoms with E-state index in [4.69, 9.17) is 0 Å². The number of aromatic amines is 1. The fraction of sp³-hybridized carbons (Fsp3) is 0.444. The fourth-order valence-electron chi connectivity index (χ4n) is 3.40. The van der Waals surface area contributed by atoms with E-state index in [1.165, 1.54) is 18.4 Å². The Kier molecular flexibility index (Phi) is 3.45. The number of nitrogens with one attached hydrogen (secondary N) is 1. The zero-order valence-electron chi connectivity index (χ0n) is 12.7. The molecule has 114 valence electrons. The van der Waals surface area contributed by atoms with Crippen molar-refractivity contribution in [3.8, 4) is 0 Å². The molecule has 1 aromatic carbocycles. The lowest BCUT2D eigenvalue weighted by Gasteiger charge is -2.24. The SMILES string of the molecule is O=C(c1cc(C2CC2)[nH]n1)N1CCC[C@@H]1Cc1ccccc1. The van der Waals surface area contributed by atoms with Gasteiger partial charge in [-0.25, -0.2) is 0 Å². The third-order valence-electron chi connectivity index (χ3n) is 4.79. The number of hydrogen-bond donors (Lipinski definition) is 1. The maximum Gasteiger partial charge on any atom is 0.274 e. The highest BCUT2D eigenvalue weighted by Gasteiger charge is 2.32. The molecule has 0 bridgehead atoms. The molecule has 2 aliphatic rings. The minimum absolute atomic E-state index is 0.0848. The second-order valence-electron chi connectivity index (χ2n) is 6.47. The van der Waals surface area contributed by atoms with E-state index in [9.17, 15) is 4.79 Å². The first-order chi connectivity index (χ1) is 10.8. The molecule has 0 spiro atoms. The van der Waals surface area contributed by atoms with Crippen LogP contribution in [0.15, 0.2) is 36.4 Å². The van der Waals surface area contributed by atoms with Gasteiger partial charge < -0.3 is 4.90 Å². The van der Waals surface area contributed by atoms with Gasteiger partial charge >= 0.3 is 0 Å². The Bertz CT molecular complexity index is 660. The van der Waals surface area contributed by atoms with Crippen LogP contribution in [-0.2, 0) is 6.42 Å². The van der Waals surface area contributed by atoms with Crippen molar-refractivity contribution >= 4 is 5.91 Å². The molecule has 4 rings (SSSR count). The van der Waals surface area contributed by atoms with Crippen molar-refractivity contribution in [3.05, 3.63) is 53.3 Å². The van der Waals surface area contributed by atoms with E-state index >= 15 is 0 Å². The van der Waals surface area contributed by atoms with Crippen molar-refractivity contribution in [2.75, 3.05) is 6.54 Å². The van der Waals surface area contributed by atoms with Gasteiger partial charge in [-0.3, -0.25) is 9.89 Å². The van der Waals surface area contributed by atoms with Gasteiger partial charge in [0.1, 0.15) is 5.69 Å². The third kappa shape index (κ3) is 2.65. The fourth-order valence-corrected chi connectivity index (χ4v) is 3.40. The van der Waals surface area contributed by atoms with Crippen molar-refractivity contribution in [3.63, 3.8) is 0 Å². The van der Waals surface area contributed by atoms with Crippen LogP contribution in [0.5, 0.6) is 0 Å². The maximum atomic E-state index is 12.7. The van der Waals surface area contributed by atoms with Gasteiger partial charge in [-0.1, -0.05) is 30.3 Å². The number of H-pyrrole nitrogens is 1. The van der Waals surface area contributed by atoms with Crippen LogP contribution in [0.1, 0.15) is 53.3 Å². The summed E-state index contributed by atoms with van der Waals surface area (Å²) < 4.78 is 0. The van der Waals surface area contributed by atoms with E-state index in [1.54, 1.807) is 0 Å². The number of hydrogen-bond acceptors (Lipinski definition) is 2. The molecule has 1 N–H and O–H groups in total. The first kappa shape index (κ1) is 13.6. The highest BCUT2D eigenvalue weighted by Crippen LogP contribution is 2.39. The molecule has 1 atom stereocenters. The van der Waals surface area contributed by atoms with Crippen LogP contribution in [0, 0.1) is 0 Å². The summed E-state index contributed by atoms with van der Waals surface area (Å²) in [6.45, 7) is 0.849. The average molecular weight is 295 g/mol. The van der Waals surface area contributed by atoms with Gasteiger partial charge in [0.05, 0.1) is 0 Å².